The average Bonchev–Trinajstić information content (AvgIpc) is 2.48. The molecule has 0 aromatic heterocycles. The van der Waals surface area contributed by atoms with Gasteiger partial charge in [-0.15, -0.1) is 0 Å². The van der Waals surface area contributed by atoms with Crippen LogP contribution in [0.3, 0.4) is 0 Å². The van der Waals surface area contributed by atoms with E-state index in [9.17, 15) is 4.79 Å². The van der Waals surface area contributed by atoms with Crippen molar-refractivity contribution in [3.05, 3.63) is 58.6 Å². The van der Waals surface area contributed by atoms with Crippen molar-refractivity contribution in [3.63, 3.8) is 0 Å². The van der Waals surface area contributed by atoms with Gasteiger partial charge < -0.3 is 15.8 Å². The number of methoxy groups -OCH3 is 1. The molecule has 21 heavy (non-hydrogen) atoms. The summed E-state index contributed by atoms with van der Waals surface area (Å²) < 4.78 is 6.07. The number of primary amides is 1. The first-order chi connectivity index (χ1) is 9.95. The summed E-state index contributed by atoms with van der Waals surface area (Å²) in [4.78, 5) is 12.0. The molecule has 0 saturated carbocycles. The molecule has 1 amide bonds. The summed E-state index contributed by atoms with van der Waals surface area (Å²) >= 11 is 3.38. The van der Waals surface area contributed by atoms with Gasteiger partial charge in [-0.3, -0.25) is 4.79 Å². The lowest BCUT2D eigenvalue weighted by molar-refractivity contribution is -0.122. The monoisotopic (exact) mass is 348 g/mol. The molecule has 5 heteroatoms. The lowest BCUT2D eigenvalue weighted by atomic mass is 9.91. The lowest BCUT2D eigenvalue weighted by Gasteiger charge is -2.29. The minimum Gasteiger partial charge on any atom is -0.497 e. The van der Waals surface area contributed by atoms with Crippen LogP contribution in [-0.4, -0.2) is 13.0 Å². The van der Waals surface area contributed by atoms with E-state index in [1.165, 1.54) is 0 Å². The third-order valence-corrected chi connectivity index (χ3v) is 3.93. The minimum absolute atomic E-state index is 0.444. The second-order valence-corrected chi connectivity index (χ2v) is 5.77. The third-order valence-electron chi connectivity index (χ3n) is 3.40. The van der Waals surface area contributed by atoms with Gasteiger partial charge in [-0.2, -0.15) is 0 Å². The highest BCUT2D eigenvalue weighted by Gasteiger charge is 2.33. The van der Waals surface area contributed by atoms with Crippen LogP contribution in [0.1, 0.15) is 12.5 Å². The predicted molar refractivity (Wildman–Crippen MR) is 87.3 cm³/mol. The van der Waals surface area contributed by atoms with Gasteiger partial charge in [0.25, 0.3) is 0 Å². The molecule has 0 radical (unpaired) electrons. The van der Waals surface area contributed by atoms with Crippen LogP contribution in [0.15, 0.2) is 53.0 Å². The van der Waals surface area contributed by atoms with Crippen molar-refractivity contribution in [1.82, 2.24) is 0 Å². The summed E-state index contributed by atoms with van der Waals surface area (Å²) in [5, 5.41) is 3.20. The minimum atomic E-state index is -0.991. The molecule has 1 atom stereocenters. The van der Waals surface area contributed by atoms with Crippen LogP contribution >= 0.6 is 15.9 Å². The van der Waals surface area contributed by atoms with Crippen LogP contribution in [0.4, 0.5) is 5.69 Å². The molecule has 1 unspecified atom stereocenters. The standard InChI is InChI=1S/C16H17BrN2O2/c1-16(15(18)20,11-3-5-12(17)6-4-11)19-13-7-9-14(21-2)10-8-13/h3-10,19H,1-2H3,(H2,18,20). The van der Waals surface area contributed by atoms with E-state index in [0.29, 0.717) is 0 Å². The number of benzene rings is 2. The molecule has 3 N–H and O–H groups in total. The molecule has 2 aromatic rings. The molecule has 0 bridgehead atoms. The van der Waals surface area contributed by atoms with Crippen LogP contribution in [0, 0.1) is 0 Å². The normalized spacial score (nSPS) is 13.3. The summed E-state index contributed by atoms with van der Waals surface area (Å²) in [6.45, 7) is 1.77. The SMILES string of the molecule is COc1ccc(NC(C)(C(N)=O)c2ccc(Br)cc2)cc1. The number of hydrogen-bond acceptors (Lipinski definition) is 3. The Balaban J connectivity index is 2.33. The number of hydrogen-bond donors (Lipinski definition) is 2. The highest BCUT2D eigenvalue weighted by molar-refractivity contribution is 9.10. The molecule has 0 aliphatic heterocycles. The van der Waals surface area contributed by atoms with Crippen molar-refractivity contribution in [2.24, 2.45) is 5.73 Å². The Morgan fingerprint density at radius 1 is 1.14 bits per heavy atom. The van der Waals surface area contributed by atoms with E-state index >= 15 is 0 Å². The van der Waals surface area contributed by atoms with E-state index in [0.717, 1.165) is 21.5 Å². The van der Waals surface area contributed by atoms with Gasteiger partial charge in [0.1, 0.15) is 11.3 Å². The van der Waals surface area contributed by atoms with Gasteiger partial charge in [0.15, 0.2) is 0 Å². The largest absolute Gasteiger partial charge is 0.497 e. The maximum Gasteiger partial charge on any atom is 0.247 e. The number of anilines is 1. The molecule has 0 spiro atoms. The van der Waals surface area contributed by atoms with E-state index in [-0.39, 0.29) is 0 Å². The fraction of sp³-hybridized carbons (Fsp3) is 0.188. The second kappa shape index (κ2) is 6.18. The molecule has 0 heterocycles. The van der Waals surface area contributed by atoms with Crippen molar-refractivity contribution < 1.29 is 9.53 Å². The third kappa shape index (κ3) is 3.36. The maximum atomic E-state index is 12.0. The zero-order valence-corrected chi connectivity index (χ0v) is 13.5. The van der Waals surface area contributed by atoms with Gasteiger partial charge in [0.05, 0.1) is 7.11 Å². The summed E-state index contributed by atoms with van der Waals surface area (Å²) in [7, 11) is 1.61. The quantitative estimate of drug-likeness (QED) is 0.871. The van der Waals surface area contributed by atoms with E-state index in [4.69, 9.17) is 10.5 Å². The van der Waals surface area contributed by atoms with E-state index in [1.54, 1.807) is 14.0 Å². The van der Waals surface area contributed by atoms with Crippen molar-refractivity contribution in [2.75, 3.05) is 12.4 Å². The highest BCUT2D eigenvalue weighted by Crippen LogP contribution is 2.28. The first-order valence-corrected chi connectivity index (χ1v) is 7.23. The average molecular weight is 349 g/mol. The number of carbonyl (C=O) groups excluding carboxylic acids is 1. The summed E-state index contributed by atoms with van der Waals surface area (Å²) in [6.07, 6.45) is 0. The lowest BCUT2D eigenvalue weighted by Crippen LogP contribution is -2.45. The highest BCUT2D eigenvalue weighted by atomic mass is 79.9. The zero-order valence-electron chi connectivity index (χ0n) is 11.9. The number of carbonyl (C=O) groups is 1. The molecular formula is C16H17BrN2O2. The fourth-order valence-electron chi connectivity index (χ4n) is 2.02. The van der Waals surface area contributed by atoms with Gasteiger partial charge in [0, 0.05) is 10.2 Å². The summed E-state index contributed by atoms with van der Waals surface area (Å²) in [5.74, 6) is 0.311. The van der Waals surface area contributed by atoms with Crippen LogP contribution in [0.2, 0.25) is 0 Å². The Kier molecular flexibility index (Phi) is 4.53. The number of nitrogens with two attached hydrogens (primary N) is 1. The van der Waals surface area contributed by atoms with Gasteiger partial charge >= 0.3 is 0 Å². The molecule has 2 rings (SSSR count). The predicted octanol–water partition coefficient (Wildman–Crippen LogP) is 3.27. The zero-order chi connectivity index (χ0) is 15.5. The number of halogens is 1. The van der Waals surface area contributed by atoms with E-state index in [2.05, 4.69) is 21.2 Å². The Bertz CT molecular complexity index is 626. The van der Waals surface area contributed by atoms with Crippen LogP contribution < -0.4 is 15.8 Å². The Hall–Kier alpha value is -2.01. The van der Waals surface area contributed by atoms with Gasteiger partial charge in [0.2, 0.25) is 5.91 Å². The molecule has 110 valence electrons. The van der Waals surface area contributed by atoms with Crippen molar-refractivity contribution in [2.45, 2.75) is 12.5 Å². The smallest absolute Gasteiger partial charge is 0.247 e. The van der Waals surface area contributed by atoms with E-state index < -0.39 is 11.4 Å². The molecule has 0 aliphatic rings. The summed E-state index contributed by atoms with van der Waals surface area (Å²) in [6, 6.07) is 14.8. The first kappa shape index (κ1) is 15.4. The molecule has 4 nitrogen and oxygen atoms in total. The molecule has 0 saturated heterocycles. The number of amides is 1. The topological polar surface area (TPSA) is 64.3 Å². The van der Waals surface area contributed by atoms with Crippen molar-refractivity contribution >= 4 is 27.5 Å². The van der Waals surface area contributed by atoms with Crippen LogP contribution in [0.25, 0.3) is 0 Å². The Morgan fingerprint density at radius 3 is 2.19 bits per heavy atom. The van der Waals surface area contributed by atoms with Gasteiger partial charge in [-0.05, 0) is 48.9 Å². The number of rotatable bonds is 5. The van der Waals surface area contributed by atoms with E-state index in [1.807, 2.05) is 48.5 Å². The van der Waals surface area contributed by atoms with Crippen molar-refractivity contribution in [1.29, 1.82) is 0 Å². The molecular weight excluding hydrogens is 332 g/mol. The Labute approximate surface area is 132 Å². The van der Waals surface area contributed by atoms with Crippen LogP contribution in [0.5, 0.6) is 5.75 Å². The molecule has 2 aromatic carbocycles. The maximum absolute atomic E-state index is 12.0. The Morgan fingerprint density at radius 2 is 1.71 bits per heavy atom. The molecule has 0 fully saturated rings. The second-order valence-electron chi connectivity index (χ2n) is 4.85. The van der Waals surface area contributed by atoms with Crippen LogP contribution in [-0.2, 0) is 10.3 Å². The fourth-order valence-corrected chi connectivity index (χ4v) is 2.29. The van der Waals surface area contributed by atoms with Crippen molar-refractivity contribution in [3.8, 4) is 5.75 Å². The number of nitrogens with one attached hydrogen (secondary N) is 1. The number of ether oxygens (including phenoxy) is 1. The van der Waals surface area contributed by atoms with Gasteiger partial charge in [-0.1, -0.05) is 28.1 Å². The van der Waals surface area contributed by atoms with Gasteiger partial charge in [-0.25, -0.2) is 0 Å². The first-order valence-electron chi connectivity index (χ1n) is 6.44. The molecule has 0 aliphatic carbocycles. The summed E-state index contributed by atoms with van der Waals surface area (Å²) in [5.41, 5.74) is 6.21.